The number of rotatable bonds is 1. The average Bonchev–Trinajstić information content (AvgIpc) is 1.62. The third-order valence-corrected chi connectivity index (χ3v) is 2.56. The SMILES string of the molecule is ClC[C@H](Cl)C(Cl)(Cl)Cl. The van der Waals surface area contributed by atoms with Crippen LogP contribution in [0.3, 0.4) is 0 Å². The minimum atomic E-state index is -1.44. The van der Waals surface area contributed by atoms with Crippen LogP contribution in [-0.4, -0.2) is 15.0 Å². The van der Waals surface area contributed by atoms with Gasteiger partial charge in [0.15, 0.2) is 0 Å². The molecule has 1 atom stereocenters. The van der Waals surface area contributed by atoms with Crippen molar-refractivity contribution >= 4 is 58.0 Å². The number of hydrogen-bond donors (Lipinski definition) is 0. The molecule has 0 fully saturated rings. The second kappa shape index (κ2) is 3.58. The molecule has 0 aromatic carbocycles. The molecule has 0 amide bonds. The standard InChI is InChI=1S/C3H3Cl5/c4-1-2(5)3(6,7)8/h2H,1H2/t2-/m0/s1. The van der Waals surface area contributed by atoms with Crippen LogP contribution in [0.1, 0.15) is 0 Å². The first-order valence-electron chi connectivity index (χ1n) is 1.75. The van der Waals surface area contributed by atoms with Crippen LogP contribution in [0.5, 0.6) is 0 Å². The smallest absolute Gasteiger partial charge is 0.125 e. The van der Waals surface area contributed by atoms with E-state index in [4.69, 9.17) is 58.0 Å². The highest BCUT2D eigenvalue weighted by Gasteiger charge is 2.29. The molecule has 0 nitrogen and oxygen atoms in total. The molecule has 0 heterocycles. The van der Waals surface area contributed by atoms with Crippen LogP contribution in [-0.2, 0) is 0 Å². The summed E-state index contributed by atoms with van der Waals surface area (Å²) in [6.07, 6.45) is 0. The van der Waals surface area contributed by atoms with Crippen molar-refractivity contribution in [3.63, 3.8) is 0 Å². The summed E-state index contributed by atoms with van der Waals surface area (Å²) < 4.78 is -1.44. The van der Waals surface area contributed by atoms with Gasteiger partial charge in [0.2, 0.25) is 3.79 Å². The first-order chi connectivity index (χ1) is 3.48. The van der Waals surface area contributed by atoms with E-state index in [1.165, 1.54) is 0 Å². The Labute approximate surface area is 73.0 Å². The van der Waals surface area contributed by atoms with Gasteiger partial charge in [-0.2, -0.15) is 0 Å². The highest BCUT2D eigenvalue weighted by Crippen LogP contribution is 2.34. The fourth-order valence-corrected chi connectivity index (χ4v) is 0.787. The summed E-state index contributed by atoms with van der Waals surface area (Å²) >= 11 is 26.6. The van der Waals surface area contributed by atoms with E-state index in [9.17, 15) is 0 Å². The molecule has 0 spiro atoms. The largest absolute Gasteiger partial charge is 0.207 e. The lowest BCUT2D eigenvalue weighted by molar-refractivity contribution is 0.993. The molecule has 0 radical (unpaired) electrons. The van der Waals surface area contributed by atoms with Crippen molar-refractivity contribution in [2.75, 3.05) is 5.88 Å². The van der Waals surface area contributed by atoms with Crippen LogP contribution in [0.2, 0.25) is 0 Å². The Balaban J connectivity index is 3.62. The van der Waals surface area contributed by atoms with E-state index in [0.29, 0.717) is 0 Å². The van der Waals surface area contributed by atoms with Crippen molar-refractivity contribution in [3.05, 3.63) is 0 Å². The van der Waals surface area contributed by atoms with E-state index in [1.54, 1.807) is 0 Å². The van der Waals surface area contributed by atoms with Gasteiger partial charge in [-0.3, -0.25) is 0 Å². The summed E-state index contributed by atoms with van der Waals surface area (Å²) in [4.78, 5) is 0. The molecule has 0 aliphatic heterocycles. The molecule has 50 valence electrons. The second-order valence-corrected chi connectivity index (χ2v) is 4.37. The van der Waals surface area contributed by atoms with Crippen molar-refractivity contribution < 1.29 is 0 Å². The maximum Gasteiger partial charge on any atom is 0.207 e. The number of alkyl halides is 5. The monoisotopic (exact) mass is 214 g/mol. The predicted octanol–water partition coefficient (Wildman–Crippen LogP) is 3.20. The van der Waals surface area contributed by atoms with Gasteiger partial charge in [-0.15, -0.1) is 23.2 Å². The Hall–Kier alpha value is 1.45. The van der Waals surface area contributed by atoms with Crippen molar-refractivity contribution in [3.8, 4) is 0 Å². The van der Waals surface area contributed by atoms with Gasteiger partial charge in [0, 0.05) is 5.88 Å². The van der Waals surface area contributed by atoms with E-state index in [-0.39, 0.29) is 5.88 Å². The van der Waals surface area contributed by atoms with Gasteiger partial charge in [-0.1, -0.05) is 34.8 Å². The van der Waals surface area contributed by atoms with Crippen LogP contribution in [0.15, 0.2) is 0 Å². The zero-order valence-corrected chi connectivity index (χ0v) is 7.45. The lowest BCUT2D eigenvalue weighted by Crippen LogP contribution is -2.20. The van der Waals surface area contributed by atoms with E-state index >= 15 is 0 Å². The van der Waals surface area contributed by atoms with Crippen LogP contribution < -0.4 is 0 Å². The molecule has 0 aliphatic rings. The maximum atomic E-state index is 5.41. The summed E-state index contributed by atoms with van der Waals surface area (Å²) in [6.45, 7) is 0. The summed E-state index contributed by atoms with van der Waals surface area (Å²) in [5, 5.41) is -0.617. The van der Waals surface area contributed by atoms with Gasteiger partial charge < -0.3 is 0 Å². The highest BCUT2D eigenvalue weighted by atomic mass is 35.6. The minimum absolute atomic E-state index is 0.137. The Morgan fingerprint density at radius 2 is 1.62 bits per heavy atom. The third kappa shape index (κ3) is 3.47. The highest BCUT2D eigenvalue weighted by molar-refractivity contribution is 6.70. The Bertz CT molecular complexity index is 64.6. The molecule has 0 N–H and O–H groups in total. The fourth-order valence-electron chi connectivity index (χ4n) is 0.0875. The molecule has 8 heavy (non-hydrogen) atoms. The predicted molar refractivity (Wildman–Crippen MR) is 40.7 cm³/mol. The van der Waals surface area contributed by atoms with E-state index < -0.39 is 9.17 Å². The van der Waals surface area contributed by atoms with Gasteiger partial charge in [0.1, 0.15) is 0 Å². The zero-order valence-electron chi connectivity index (χ0n) is 3.67. The number of halogens is 5. The summed E-state index contributed by atoms with van der Waals surface area (Å²) in [7, 11) is 0. The zero-order chi connectivity index (χ0) is 6.78. The van der Waals surface area contributed by atoms with Gasteiger partial charge >= 0.3 is 0 Å². The molecule has 0 rings (SSSR count). The van der Waals surface area contributed by atoms with Crippen LogP contribution in [0, 0.1) is 0 Å². The third-order valence-electron chi connectivity index (χ3n) is 0.491. The molecule has 0 unspecified atom stereocenters. The molecular formula is C3H3Cl5. The van der Waals surface area contributed by atoms with E-state index in [1.807, 2.05) is 0 Å². The molecule has 0 bridgehead atoms. The molecule has 0 aromatic rings. The first-order valence-corrected chi connectivity index (χ1v) is 3.85. The molecule has 5 heteroatoms. The molecule has 0 aliphatic carbocycles. The van der Waals surface area contributed by atoms with Crippen molar-refractivity contribution in [2.45, 2.75) is 9.17 Å². The number of hydrogen-bond acceptors (Lipinski definition) is 0. The van der Waals surface area contributed by atoms with Crippen LogP contribution in [0.4, 0.5) is 0 Å². The summed E-state index contributed by atoms with van der Waals surface area (Å²) in [5.74, 6) is 0.137. The first kappa shape index (κ1) is 9.45. The Morgan fingerprint density at radius 1 is 1.25 bits per heavy atom. The Morgan fingerprint density at radius 3 is 1.62 bits per heavy atom. The molecule has 0 saturated carbocycles. The Kier molecular flexibility index (Phi) is 4.23. The van der Waals surface area contributed by atoms with Gasteiger partial charge in [0.25, 0.3) is 0 Å². The van der Waals surface area contributed by atoms with Crippen LogP contribution in [0.25, 0.3) is 0 Å². The van der Waals surface area contributed by atoms with Crippen molar-refractivity contribution in [1.82, 2.24) is 0 Å². The van der Waals surface area contributed by atoms with Gasteiger partial charge in [-0.25, -0.2) is 0 Å². The molecule has 0 saturated heterocycles. The summed E-state index contributed by atoms with van der Waals surface area (Å²) in [6, 6.07) is 0. The fraction of sp³-hybridized carbons (Fsp3) is 1.00. The van der Waals surface area contributed by atoms with E-state index in [0.717, 1.165) is 0 Å². The van der Waals surface area contributed by atoms with Crippen molar-refractivity contribution in [1.29, 1.82) is 0 Å². The minimum Gasteiger partial charge on any atom is -0.125 e. The quantitative estimate of drug-likeness (QED) is 0.590. The molecular weight excluding hydrogens is 213 g/mol. The second-order valence-electron chi connectivity index (χ2n) is 1.16. The average molecular weight is 216 g/mol. The van der Waals surface area contributed by atoms with Crippen molar-refractivity contribution in [2.24, 2.45) is 0 Å². The molecule has 0 aromatic heterocycles. The van der Waals surface area contributed by atoms with Gasteiger partial charge in [0.05, 0.1) is 5.38 Å². The lowest BCUT2D eigenvalue weighted by atomic mass is 10.5. The topological polar surface area (TPSA) is 0 Å². The van der Waals surface area contributed by atoms with Gasteiger partial charge in [-0.05, 0) is 0 Å². The van der Waals surface area contributed by atoms with E-state index in [2.05, 4.69) is 0 Å². The normalized spacial score (nSPS) is 16.1. The maximum absolute atomic E-state index is 5.41. The lowest BCUT2D eigenvalue weighted by Gasteiger charge is -2.13. The summed E-state index contributed by atoms with van der Waals surface area (Å²) in [5.41, 5.74) is 0. The van der Waals surface area contributed by atoms with Crippen LogP contribution >= 0.6 is 58.0 Å².